The number of carbonyl (C=O) groups is 1. The highest BCUT2D eigenvalue weighted by Crippen LogP contribution is 2.31. The van der Waals surface area contributed by atoms with E-state index in [0.717, 1.165) is 0 Å². The summed E-state index contributed by atoms with van der Waals surface area (Å²) < 4.78 is 10.4. The van der Waals surface area contributed by atoms with Crippen molar-refractivity contribution < 1.29 is 19.2 Å². The van der Waals surface area contributed by atoms with Crippen LogP contribution < -0.4 is 9.64 Å². The average molecular weight is 296 g/mol. The SMILES string of the molecule is COc1ccc([N+](=O)[O-])cc1N(C)CC(=O)OC(C)(C)C. The van der Waals surface area contributed by atoms with Crippen LogP contribution in [0.5, 0.6) is 5.75 Å². The number of non-ortho nitro benzene ring substituents is 1. The first-order valence-electron chi connectivity index (χ1n) is 6.39. The number of benzene rings is 1. The van der Waals surface area contributed by atoms with Crippen LogP contribution in [-0.4, -0.2) is 37.2 Å². The lowest BCUT2D eigenvalue weighted by Gasteiger charge is -2.24. The van der Waals surface area contributed by atoms with E-state index in [9.17, 15) is 14.9 Å². The number of ether oxygens (including phenoxy) is 2. The third-order valence-corrected chi connectivity index (χ3v) is 2.57. The van der Waals surface area contributed by atoms with E-state index in [1.54, 1.807) is 32.7 Å². The third-order valence-electron chi connectivity index (χ3n) is 2.57. The third kappa shape index (κ3) is 4.94. The van der Waals surface area contributed by atoms with Gasteiger partial charge in [0.1, 0.15) is 17.9 Å². The highest BCUT2D eigenvalue weighted by Gasteiger charge is 2.20. The number of likely N-dealkylation sites (N-methyl/N-ethyl adjacent to an activating group) is 1. The molecule has 0 bridgehead atoms. The smallest absolute Gasteiger partial charge is 0.326 e. The van der Waals surface area contributed by atoms with Gasteiger partial charge < -0.3 is 14.4 Å². The molecule has 0 spiro atoms. The molecule has 0 saturated heterocycles. The number of esters is 1. The van der Waals surface area contributed by atoms with E-state index in [1.807, 2.05) is 0 Å². The van der Waals surface area contributed by atoms with Crippen molar-refractivity contribution in [3.63, 3.8) is 0 Å². The van der Waals surface area contributed by atoms with Crippen LogP contribution in [0.3, 0.4) is 0 Å². The fourth-order valence-corrected chi connectivity index (χ4v) is 1.74. The maximum absolute atomic E-state index is 11.8. The van der Waals surface area contributed by atoms with Crippen molar-refractivity contribution in [3.8, 4) is 5.75 Å². The summed E-state index contributed by atoms with van der Waals surface area (Å²) in [5.74, 6) is 0.0326. The van der Waals surface area contributed by atoms with Crippen molar-refractivity contribution >= 4 is 17.3 Å². The van der Waals surface area contributed by atoms with Crippen LogP contribution in [0.4, 0.5) is 11.4 Å². The van der Waals surface area contributed by atoms with Crippen LogP contribution in [0.15, 0.2) is 18.2 Å². The summed E-state index contributed by atoms with van der Waals surface area (Å²) in [5, 5.41) is 10.8. The molecule has 1 aromatic carbocycles. The van der Waals surface area contributed by atoms with Crippen molar-refractivity contribution in [2.75, 3.05) is 25.6 Å². The first-order chi connectivity index (χ1) is 9.64. The van der Waals surface area contributed by atoms with Gasteiger partial charge in [-0.05, 0) is 26.8 Å². The number of rotatable bonds is 5. The number of nitro groups is 1. The second-order valence-corrected chi connectivity index (χ2v) is 5.56. The van der Waals surface area contributed by atoms with E-state index in [1.165, 1.54) is 25.3 Å². The Bertz CT molecular complexity index is 537. The van der Waals surface area contributed by atoms with Gasteiger partial charge in [0.25, 0.3) is 5.69 Å². The minimum atomic E-state index is -0.579. The Morgan fingerprint density at radius 3 is 2.48 bits per heavy atom. The second-order valence-electron chi connectivity index (χ2n) is 5.56. The second kappa shape index (κ2) is 6.43. The summed E-state index contributed by atoms with van der Waals surface area (Å²) in [6, 6.07) is 4.21. The van der Waals surface area contributed by atoms with Crippen molar-refractivity contribution in [2.24, 2.45) is 0 Å². The summed E-state index contributed by atoms with van der Waals surface area (Å²) in [4.78, 5) is 23.7. The predicted octanol–water partition coefficient (Wildman–Crippen LogP) is 2.38. The van der Waals surface area contributed by atoms with E-state index in [4.69, 9.17) is 9.47 Å². The maximum Gasteiger partial charge on any atom is 0.326 e. The van der Waals surface area contributed by atoms with Gasteiger partial charge >= 0.3 is 5.97 Å². The number of anilines is 1. The van der Waals surface area contributed by atoms with Crippen LogP contribution in [0.25, 0.3) is 0 Å². The zero-order valence-electron chi connectivity index (χ0n) is 12.9. The first-order valence-corrected chi connectivity index (χ1v) is 6.39. The number of methoxy groups -OCH3 is 1. The van der Waals surface area contributed by atoms with E-state index >= 15 is 0 Å². The summed E-state index contributed by atoms with van der Waals surface area (Å²) in [5.41, 5.74) is -0.190. The Labute approximate surface area is 123 Å². The van der Waals surface area contributed by atoms with Crippen LogP contribution >= 0.6 is 0 Å². The van der Waals surface area contributed by atoms with Crippen molar-refractivity contribution in [2.45, 2.75) is 26.4 Å². The van der Waals surface area contributed by atoms with Crippen LogP contribution in [-0.2, 0) is 9.53 Å². The molecule has 1 aromatic rings. The fourth-order valence-electron chi connectivity index (χ4n) is 1.74. The number of nitro benzene ring substituents is 1. The Kier molecular flexibility index (Phi) is 5.12. The molecule has 0 atom stereocenters. The minimum Gasteiger partial charge on any atom is -0.495 e. The number of hydrogen-bond acceptors (Lipinski definition) is 6. The number of nitrogens with zero attached hydrogens (tertiary/aromatic N) is 2. The van der Waals surface area contributed by atoms with Crippen molar-refractivity contribution in [1.82, 2.24) is 0 Å². The van der Waals surface area contributed by atoms with Gasteiger partial charge in [0.05, 0.1) is 17.7 Å². The Balaban J connectivity index is 2.95. The molecule has 0 N–H and O–H groups in total. The molecule has 7 nitrogen and oxygen atoms in total. The molecule has 0 heterocycles. The molecule has 0 saturated carbocycles. The molecular weight excluding hydrogens is 276 g/mol. The molecule has 0 aliphatic heterocycles. The van der Waals surface area contributed by atoms with Crippen molar-refractivity contribution in [3.05, 3.63) is 28.3 Å². The molecule has 0 unspecified atom stereocenters. The summed E-state index contributed by atoms with van der Waals surface area (Å²) in [6.45, 7) is 5.30. The lowest BCUT2D eigenvalue weighted by atomic mass is 10.2. The predicted molar refractivity (Wildman–Crippen MR) is 78.8 cm³/mol. The van der Waals surface area contributed by atoms with Crippen LogP contribution in [0.2, 0.25) is 0 Å². The highest BCUT2D eigenvalue weighted by atomic mass is 16.6. The van der Waals surface area contributed by atoms with Crippen LogP contribution in [0, 0.1) is 10.1 Å². The number of carbonyl (C=O) groups excluding carboxylic acids is 1. The summed E-state index contributed by atoms with van der Waals surface area (Å²) in [6.07, 6.45) is 0. The van der Waals surface area contributed by atoms with E-state index in [-0.39, 0.29) is 12.2 Å². The molecule has 0 amide bonds. The molecular formula is C14H20N2O5. The van der Waals surface area contributed by atoms with Gasteiger partial charge in [0.2, 0.25) is 0 Å². The van der Waals surface area contributed by atoms with Gasteiger partial charge in [-0.1, -0.05) is 0 Å². The first kappa shape index (κ1) is 16.7. The van der Waals surface area contributed by atoms with Crippen LogP contribution in [0.1, 0.15) is 20.8 Å². The molecule has 0 aromatic heterocycles. The van der Waals surface area contributed by atoms with Gasteiger partial charge in [-0.2, -0.15) is 0 Å². The Morgan fingerprint density at radius 2 is 2.00 bits per heavy atom. The van der Waals surface area contributed by atoms with E-state index < -0.39 is 16.5 Å². The van der Waals surface area contributed by atoms with Gasteiger partial charge in [-0.25, -0.2) is 0 Å². The van der Waals surface area contributed by atoms with Crippen molar-refractivity contribution in [1.29, 1.82) is 0 Å². The quantitative estimate of drug-likeness (QED) is 0.471. The zero-order chi connectivity index (χ0) is 16.2. The monoisotopic (exact) mass is 296 g/mol. The summed E-state index contributed by atoms with van der Waals surface area (Å²) in [7, 11) is 3.11. The molecule has 7 heteroatoms. The summed E-state index contributed by atoms with van der Waals surface area (Å²) >= 11 is 0. The molecule has 0 fully saturated rings. The molecule has 0 radical (unpaired) electrons. The van der Waals surface area contributed by atoms with E-state index in [2.05, 4.69) is 0 Å². The maximum atomic E-state index is 11.8. The molecule has 0 aliphatic rings. The number of hydrogen-bond donors (Lipinski definition) is 0. The lowest BCUT2D eigenvalue weighted by Crippen LogP contribution is -2.32. The largest absolute Gasteiger partial charge is 0.495 e. The van der Waals surface area contributed by atoms with Gasteiger partial charge in [-0.3, -0.25) is 14.9 Å². The fraction of sp³-hybridized carbons (Fsp3) is 0.500. The topological polar surface area (TPSA) is 81.9 Å². The standard InChI is InChI=1S/C14H20N2O5/c1-14(2,3)21-13(17)9-15(4)11-8-10(16(18)19)6-7-12(11)20-5/h6-8H,9H2,1-5H3. The molecule has 1 rings (SSSR count). The Morgan fingerprint density at radius 1 is 1.38 bits per heavy atom. The average Bonchev–Trinajstić information content (AvgIpc) is 2.35. The minimum absolute atomic E-state index is 0.0329. The Hall–Kier alpha value is -2.31. The zero-order valence-corrected chi connectivity index (χ0v) is 12.9. The van der Waals surface area contributed by atoms with Gasteiger partial charge in [0.15, 0.2) is 0 Å². The van der Waals surface area contributed by atoms with E-state index in [0.29, 0.717) is 11.4 Å². The molecule has 0 aliphatic carbocycles. The normalized spacial score (nSPS) is 10.9. The highest BCUT2D eigenvalue weighted by molar-refractivity contribution is 5.77. The molecule has 116 valence electrons. The lowest BCUT2D eigenvalue weighted by molar-refractivity contribution is -0.384. The van der Waals surface area contributed by atoms with Gasteiger partial charge in [0, 0.05) is 19.2 Å². The van der Waals surface area contributed by atoms with Gasteiger partial charge in [-0.15, -0.1) is 0 Å². The molecule has 21 heavy (non-hydrogen) atoms.